The minimum Gasteiger partial charge on any atom is -0.396 e. The second-order valence-electron chi connectivity index (χ2n) is 6.65. The molecule has 132 valence electrons. The Bertz CT molecular complexity index is 440. The van der Waals surface area contributed by atoms with Gasteiger partial charge in [0, 0.05) is 31.0 Å². The van der Waals surface area contributed by atoms with Crippen LogP contribution in [0.5, 0.6) is 0 Å². The third kappa shape index (κ3) is 4.37. The zero-order valence-corrected chi connectivity index (χ0v) is 13.0. The van der Waals surface area contributed by atoms with Crippen molar-refractivity contribution in [3.8, 4) is 0 Å². The molecule has 0 atom stereocenters. The Morgan fingerprint density at radius 1 is 1.17 bits per heavy atom. The summed E-state index contributed by atoms with van der Waals surface area (Å²) < 4.78 is 37.1. The fraction of sp³-hybridized carbons (Fsp3) is 0.867. The molecular weight excluding hydrogens is 313 g/mol. The average molecular weight is 336 g/mol. The Balaban J connectivity index is 1.79. The summed E-state index contributed by atoms with van der Waals surface area (Å²) in [7, 11) is 0. The van der Waals surface area contributed by atoms with Crippen molar-refractivity contribution in [1.29, 1.82) is 0 Å². The summed E-state index contributed by atoms with van der Waals surface area (Å²) in [5.74, 6) is -2.39. The number of nitrogens with zero attached hydrogens (tertiary/aromatic N) is 1. The highest BCUT2D eigenvalue weighted by atomic mass is 19.4. The first-order valence-electron chi connectivity index (χ1n) is 8.02. The molecule has 0 aromatic heterocycles. The predicted molar refractivity (Wildman–Crippen MR) is 76.4 cm³/mol. The van der Waals surface area contributed by atoms with Crippen molar-refractivity contribution in [3.63, 3.8) is 0 Å². The number of halogens is 3. The molecule has 0 spiro atoms. The monoisotopic (exact) mass is 336 g/mol. The van der Waals surface area contributed by atoms with Gasteiger partial charge in [0.05, 0.1) is 6.61 Å². The Hall–Kier alpha value is -1.31. The van der Waals surface area contributed by atoms with Crippen LogP contribution < -0.4 is 5.32 Å². The van der Waals surface area contributed by atoms with Crippen molar-refractivity contribution < 1.29 is 27.9 Å². The van der Waals surface area contributed by atoms with Crippen LogP contribution in [0.2, 0.25) is 0 Å². The number of amides is 2. The van der Waals surface area contributed by atoms with Gasteiger partial charge in [-0.2, -0.15) is 13.2 Å². The largest absolute Gasteiger partial charge is 0.471 e. The van der Waals surface area contributed by atoms with Crippen molar-refractivity contribution in [1.82, 2.24) is 10.2 Å². The molecule has 1 saturated heterocycles. The summed E-state index contributed by atoms with van der Waals surface area (Å²) in [6.45, 7) is 0.332. The number of aliphatic hydroxyl groups is 1. The lowest BCUT2D eigenvalue weighted by molar-refractivity contribution is -0.186. The molecule has 8 heteroatoms. The summed E-state index contributed by atoms with van der Waals surface area (Å²) >= 11 is 0. The molecule has 0 bridgehead atoms. The molecule has 23 heavy (non-hydrogen) atoms. The number of rotatable bonds is 4. The van der Waals surface area contributed by atoms with Gasteiger partial charge in [-0.3, -0.25) is 9.59 Å². The number of likely N-dealkylation sites (tertiary alicyclic amines) is 1. The molecule has 0 aromatic carbocycles. The molecule has 1 saturated carbocycles. The average Bonchev–Trinajstić information content (AvgIpc) is 3.00. The molecule has 2 fully saturated rings. The summed E-state index contributed by atoms with van der Waals surface area (Å²) in [5, 5.41) is 12.3. The van der Waals surface area contributed by atoms with Crippen LogP contribution in [0.4, 0.5) is 13.2 Å². The molecule has 0 radical (unpaired) electrons. The lowest BCUT2D eigenvalue weighted by atomic mass is 9.86. The predicted octanol–water partition coefficient (Wildman–Crippen LogP) is 1.46. The first-order chi connectivity index (χ1) is 10.8. The molecule has 2 aliphatic rings. The highest BCUT2D eigenvalue weighted by Gasteiger charge is 2.44. The van der Waals surface area contributed by atoms with Crippen molar-refractivity contribution in [2.24, 2.45) is 11.3 Å². The van der Waals surface area contributed by atoms with Gasteiger partial charge in [0.15, 0.2) is 0 Å². The topological polar surface area (TPSA) is 69.6 Å². The fourth-order valence-electron chi connectivity index (χ4n) is 3.46. The standard InChI is InChI=1S/C15H23F3N2O3/c16-15(17,18)13(23)20-7-3-11(4-8-20)12(22)19-9-14(10-21)5-1-2-6-14/h11,21H,1-10H2,(H,19,22). The summed E-state index contributed by atoms with van der Waals surface area (Å²) in [5.41, 5.74) is -0.247. The van der Waals surface area contributed by atoms with Crippen LogP contribution in [0.15, 0.2) is 0 Å². The van der Waals surface area contributed by atoms with Gasteiger partial charge in [-0.25, -0.2) is 0 Å². The minimum atomic E-state index is -4.86. The Labute approximate surface area is 133 Å². The maximum absolute atomic E-state index is 12.4. The van der Waals surface area contributed by atoms with Gasteiger partial charge < -0.3 is 15.3 Å². The van der Waals surface area contributed by atoms with Gasteiger partial charge in [-0.15, -0.1) is 0 Å². The van der Waals surface area contributed by atoms with Crippen LogP contribution in [0.25, 0.3) is 0 Å². The number of hydrogen-bond donors (Lipinski definition) is 2. The Morgan fingerprint density at radius 3 is 2.22 bits per heavy atom. The van der Waals surface area contributed by atoms with Crippen molar-refractivity contribution in [2.75, 3.05) is 26.2 Å². The van der Waals surface area contributed by atoms with Gasteiger partial charge in [0.25, 0.3) is 0 Å². The van der Waals surface area contributed by atoms with Crippen LogP contribution >= 0.6 is 0 Å². The van der Waals surface area contributed by atoms with Crippen LogP contribution in [0.3, 0.4) is 0 Å². The van der Waals surface area contributed by atoms with E-state index in [2.05, 4.69) is 5.32 Å². The summed E-state index contributed by atoms with van der Waals surface area (Å²) in [6.07, 6.45) is -0.558. The van der Waals surface area contributed by atoms with Gasteiger partial charge in [-0.1, -0.05) is 12.8 Å². The first-order valence-corrected chi connectivity index (χ1v) is 8.02. The van der Waals surface area contributed by atoms with E-state index < -0.39 is 12.1 Å². The van der Waals surface area contributed by atoms with E-state index in [0.717, 1.165) is 30.6 Å². The van der Waals surface area contributed by atoms with E-state index in [1.807, 2.05) is 0 Å². The summed E-state index contributed by atoms with van der Waals surface area (Å²) in [4.78, 5) is 24.1. The maximum atomic E-state index is 12.4. The minimum absolute atomic E-state index is 0.0335. The normalized spacial score (nSPS) is 22.2. The second-order valence-corrected chi connectivity index (χ2v) is 6.65. The van der Waals surface area contributed by atoms with E-state index >= 15 is 0 Å². The lowest BCUT2D eigenvalue weighted by Crippen LogP contribution is -2.48. The molecule has 5 nitrogen and oxygen atoms in total. The van der Waals surface area contributed by atoms with Crippen LogP contribution in [0.1, 0.15) is 38.5 Å². The number of piperidine rings is 1. The van der Waals surface area contributed by atoms with Crippen molar-refractivity contribution in [3.05, 3.63) is 0 Å². The SMILES string of the molecule is O=C(NCC1(CO)CCCC1)C1CCN(C(=O)C(F)(F)F)CC1. The number of aliphatic hydroxyl groups excluding tert-OH is 1. The van der Waals surface area contributed by atoms with Gasteiger partial charge in [0.1, 0.15) is 0 Å². The molecule has 1 heterocycles. The van der Waals surface area contributed by atoms with Gasteiger partial charge >= 0.3 is 12.1 Å². The molecule has 2 amide bonds. The Morgan fingerprint density at radius 2 is 1.74 bits per heavy atom. The third-order valence-electron chi connectivity index (χ3n) is 5.03. The first kappa shape index (κ1) is 18.0. The smallest absolute Gasteiger partial charge is 0.396 e. The highest BCUT2D eigenvalue weighted by molar-refractivity contribution is 5.83. The molecular formula is C15H23F3N2O3. The molecule has 0 aromatic rings. The number of nitrogens with one attached hydrogen (secondary N) is 1. The number of carbonyl (C=O) groups excluding carboxylic acids is 2. The van der Waals surface area contributed by atoms with E-state index in [1.54, 1.807) is 0 Å². The molecule has 0 unspecified atom stereocenters. The quantitative estimate of drug-likeness (QED) is 0.816. The number of alkyl halides is 3. The van der Waals surface area contributed by atoms with Crippen LogP contribution in [0, 0.1) is 11.3 Å². The number of carbonyl (C=O) groups is 2. The Kier molecular flexibility index (Phi) is 5.54. The zero-order chi connectivity index (χ0) is 17.1. The number of hydrogen-bond acceptors (Lipinski definition) is 3. The van der Waals surface area contributed by atoms with Crippen LogP contribution in [-0.4, -0.2) is 54.2 Å². The van der Waals surface area contributed by atoms with Crippen molar-refractivity contribution >= 4 is 11.8 Å². The fourth-order valence-corrected chi connectivity index (χ4v) is 3.46. The third-order valence-corrected chi connectivity index (χ3v) is 5.03. The van der Waals surface area contributed by atoms with E-state index in [9.17, 15) is 27.9 Å². The van der Waals surface area contributed by atoms with Crippen LogP contribution in [-0.2, 0) is 9.59 Å². The lowest BCUT2D eigenvalue weighted by Gasteiger charge is -2.33. The van der Waals surface area contributed by atoms with Gasteiger partial charge in [0.2, 0.25) is 5.91 Å². The highest BCUT2D eigenvalue weighted by Crippen LogP contribution is 2.37. The van der Waals surface area contributed by atoms with E-state index in [4.69, 9.17) is 0 Å². The molecule has 2 rings (SSSR count). The zero-order valence-electron chi connectivity index (χ0n) is 13.0. The van der Waals surface area contributed by atoms with Crippen molar-refractivity contribution in [2.45, 2.75) is 44.7 Å². The summed E-state index contributed by atoms with van der Waals surface area (Å²) in [6, 6.07) is 0. The molecule has 2 N–H and O–H groups in total. The van der Waals surface area contributed by atoms with E-state index in [0.29, 0.717) is 6.54 Å². The van der Waals surface area contributed by atoms with E-state index in [1.165, 1.54) is 0 Å². The molecule has 1 aliphatic heterocycles. The van der Waals surface area contributed by atoms with Gasteiger partial charge in [-0.05, 0) is 25.7 Å². The molecule has 1 aliphatic carbocycles. The van der Waals surface area contributed by atoms with E-state index in [-0.39, 0.29) is 49.8 Å². The second kappa shape index (κ2) is 7.07. The maximum Gasteiger partial charge on any atom is 0.471 e.